The average molecular weight is 251 g/mol. The van der Waals surface area contributed by atoms with Crippen LogP contribution in [0, 0.1) is 13.8 Å². The van der Waals surface area contributed by atoms with E-state index in [0.717, 1.165) is 36.5 Å². The Morgan fingerprint density at radius 3 is 3.00 bits per heavy atom. The normalized spacial score (nSPS) is 20.3. The number of nitrogens with zero attached hydrogens (tertiary/aromatic N) is 2. The smallest absolute Gasteiger partial charge is 0.238 e. The first-order valence-electron chi connectivity index (χ1n) is 6.37. The summed E-state index contributed by atoms with van der Waals surface area (Å²) in [6.45, 7) is 5.76. The summed E-state index contributed by atoms with van der Waals surface area (Å²) in [7, 11) is 0. The predicted molar refractivity (Wildman–Crippen MR) is 70.3 cm³/mol. The van der Waals surface area contributed by atoms with E-state index in [1.165, 1.54) is 0 Å². The number of hydrogen-bond donors (Lipinski definition) is 3. The number of rotatable bonds is 4. The second-order valence-corrected chi connectivity index (χ2v) is 4.86. The van der Waals surface area contributed by atoms with Crippen LogP contribution in [-0.4, -0.2) is 46.7 Å². The lowest BCUT2D eigenvalue weighted by Gasteiger charge is -2.22. The summed E-state index contributed by atoms with van der Waals surface area (Å²) in [5.74, 6) is 0.00273. The molecule has 4 N–H and O–H groups in total. The number of aryl methyl sites for hydroxylation is 2. The molecule has 0 aromatic carbocycles. The molecule has 2 rings (SSSR count). The van der Waals surface area contributed by atoms with Gasteiger partial charge in [0.05, 0.1) is 23.6 Å². The quantitative estimate of drug-likeness (QED) is 0.722. The highest BCUT2D eigenvalue weighted by Gasteiger charge is 2.25. The maximum Gasteiger partial charge on any atom is 0.238 e. The number of anilines is 1. The standard InChI is InChI=1S/C12H21N5O/c1-8-12(9(2)16-15-8)14-11(18)7-17-5-3-4-10(17)6-13/h10H,3-7,13H2,1-2H3,(H,14,18)(H,15,16). The number of amides is 1. The van der Waals surface area contributed by atoms with Crippen LogP contribution in [0.2, 0.25) is 0 Å². The first kappa shape index (κ1) is 13.0. The number of carbonyl (C=O) groups excluding carboxylic acids is 1. The van der Waals surface area contributed by atoms with E-state index in [1.54, 1.807) is 0 Å². The molecule has 0 bridgehead atoms. The molecule has 1 aromatic heterocycles. The van der Waals surface area contributed by atoms with Crippen LogP contribution in [0.25, 0.3) is 0 Å². The van der Waals surface area contributed by atoms with Gasteiger partial charge in [0.1, 0.15) is 0 Å². The van der Waals surface area contributed by atoms with E-state index in [9.17, 15) is 4.79 Å². The van der Waals surface area contributed by atoms with E-state index in [0.29, 0.717) is 19.1 Å². The number of carbonyl (C=O) groups is 1. The van der Waals surface area contributed by atoms with E-state index in [2.05, 4.69) is 20.4 Å². The molecule has 1 aliphatic rings. The topological polar surface area (TPSA) is 87.0 Å². The molecule has 0 aliphatic carbocycles. The van der Waals surface area contributed by atoms with Crippen molar-refractivity contribution >= 4 is 11.6 Å². The van der Waals surface area contributed by atoms with Crippen LogP contribution < -0.4 is 11.1 Å². The molecule has 1 amide bonds. The second-order valence-electron chi connectivity index (χ2n) is 4.86. The molecule has 1 fully saturated rings. The molecular formula is C12H21N5O. The molecule has 1 atom stereocenters. The van der Waals surface area contributed by atoms with Gasteiger partial charge in [-0.05, 0) is 33.2 Å². The Morgan fingerprint density at radius 1 is 1.61 bits per heavy atom. The third-order valence-corrected chi connectivity index (χ3v) is 3.51. The zero-order chi connectivity index (χ0) is 13.1. The molecular weight excluding hydrogens is 230 g/mol. The Hall–Kier alpha value is -1.40. The van der Waals surface area contributed by atoms with E-state index in [-0.39, 0.29) is 5.91 Å². The molecule has 0 spiro atoms. The van der Waals surface area contributed by atoms with Crippen LogP contribution in [0.15, 0.2) is 0 Å². The second kappa shape index (κ2) is 5.49. The maximum absolute atomic E-state index is 12.0. The molecule has 1 aliphatic heterocycles. The minimum absolute atomic E-state index is 0.00273. The summed E-state index contributed by atoms with van der Waals surface area (Å²) in [5, 5.41) is 9.83. The van der Waals surface area contributed by atoms with Crippen LogP contribution in [-0.2, 0) is 4.79 Å². The molecule has 0 saturated carbocycles. The van der Waals surface area contributed by atoms with Crippen molar-refractivity contribution in [2.45, 2.75) is 32.7 Å². The van der Waals surface area contributed by atoms with Crippen LogP contribution >= 0.6 is 0 Å². The number of nitrogens with one attached hydrogen (secondary N) is 2. The van der Waals surface area contributed by atoms with Crippen molar-refractivity contribution in [1.82, 2.24) is 15.1 Å². The summed E-state index contributed by atoms with van der Waals surface area (Å²) >= 11 is 0. The largest absolute Gasteiger partial charge is 0.329 e. The number of H-pyrrole nitrogens is 1. The van der Waals surface area contributed by atoms with Crippen LogP contribution in [0.5, 0.6) is 0 Å². The van der Waals surface area contributed by atoms with Gasteiger partial charge < -0.3 is 11.1 Å². The van der Waals surface area contributed by atoms with Crippen molar-refractivity contribution in [3.05, 3.63) is 11.4 Å². The van der Waals surface area contributed by atoms with Crippen LogP contribution in [0.3, 0.4) is 0 Å². The Morgan fingerprint density at radius 2 is 2.39 bits per heavy atom. The lowest BCUT2D eigenvalue weighted by Crippen LogP contribution is -2.40. The number of nitrogens with two attached hydrogens (primary N) is 1. The number of likely N-dealkylation sites (tertiary alicyclic amines) is 1. The maximum atomic E-state index is 12.0. The molecule has 0 radical (unpaired) electrons. The highest BCUT2D eigenvalue weighted by molar-refractivity contribution is 5.93. The van der Waals surface area contributed by atoms with E-state index in [1.807, 2.05) is 13.8 Å². The van der Waals surface area contributed by atoms with Gasteiger partial charge in [0.2, 0.25) is 5.91 Å². The summed E-state index contributed by atoms with van der Waals surface area (Å²) in [6, 6.07) is 0.349. The van der Waals surface area contributed by atoms with Gasteiger partial charge in [-0.2, -0.15) is 5.10 Å². The van der Waals surface area contributed by atoms with Gasteiger partial charge in [-0.3, -0.25) is 14.8 Å². The molecule has 1 unspecified atom stereocenters. The SMILES string of the molecule is Cc1n[nH]c(C)c1NC(=O)CN1CCCC1CN. The highest BCUT2D eigenvalue weighted by Crippen LogP contribution is 2.18. The summed E-state index contributed by atoms with van der Waals surface area (Å²) < 4.78 is 0. The predicted octanol–water partition coefficient (Wildman–Crippen LogP) is 0.388. The average Bonchev–Trinajstić information content (AvgIpc) is 2.90. The zero-order valence-corrected chi connectivity index (χ0v) is 11.0. The fourth-order valence-corrected chi connectivity index (χ4v) is 2.47. The van der Waals surface area contributed by atoms with Gasteiger partial charge in [-0.1, -0.05) is 0 Å². The lowest BCUT2D eigenvalue weighted by molar-refractivity contribution is -0.117. The van der Waals surface area contributed by atoms with Gasteiger partial charge >= 0.3 is 0 Å². The molecule has 6 nitrogen and oxygen atoms in total. The molecule has 1 aromatic rings. The van der Waals surface area contributed by atoms with Gasteiger partial charge in [0.25, 0.3) is 0 Å². The number of hydrogen-bond acceptors (Lipinski definition) is 4. The lowest BCUT2D eigenvalue weighted by atomic mass is 10.2. The van der Waals surface area contributed by atoms with E-state index in [4.69, 9.17) is 5.73 Å². The van der Waals surface area contributed by atoms with Crippen molar-refractivity contribution < 1.29 is 4.79 Å². The van der Waals surface area contributed by atoms with Gasteiger partial charge in [-0.25, -0.2) is 0 Å². The molecule has 1 saturated heterocycles. The minimum Gasteiger partial charge on any atom is -0.329 e. The van der Waals surface area contributed by atoms with E-state index >= 15 is 0 Å². The van der Waals surface area contributed by atoms with Gasteiger partial charge in [-0.15, -0.1) is 0 Å². The minimum atomic E-state index is 0.00273. The molecule has 2 heterocycles. The highest BCUT2D eigenvalue weighted by atomic mass is 16.2. The van der Waals surface area contributed by atoms with Crippen LogP contribution in [0.1, 0.15) is 24.2 Å². The van der Waals surface area contributed by atoms with Crippen molar-refractivity contribution in [1.29, 1.82) is 0 Å². The number of aromatic nitrogens is 2. The molecule has 6 heteroatoms. The zero-order valence-electron chi connectivity index (χ0n) is 11.0. The monoisotopic (exact) mass is 251 g/mol. The Kier molecular flexibility index (Phi) is 3.98. The Bertz CT molecular complexity index is 409. The molecule has 18 heavy (non-hydrogen) atoms. The van der Waals surface area contributed by atoms with Crippen molar-refractivity contribution in [3.8, 4) is 0 Å². The Balaban J connectivity index is 1.93. The Labute approximate surface area is 107 Å². The summed E-state index contributed by atoms with van der Waals surface area (Å²) in [6.07, 6.45) is 2.21. The fraction of sp³-hybridized carbons (Fsp3) is 0.667. The first-order chi connectivity index (χ1) is 8.61. The van der Waals surface area contributed by atoms with Crippen molar-refractivity contribution in [3.63, 3.8) is 0 Å². The summed E-state index contributed by atoms with van der Waals surface area (Å²) in [5.41, 5.74) is 8.19. The summed E-state index contributed by atoms with van der Waals surface area (Å²) in [4.78, 5) is 14.1. The third kappa shape index (κ3) is 2.70. The first-order valence-corrected chi connectivity index (χ1v) is 6.37. The van der Waals surface area contributed by atoms with Crippen molar-refractivity contribution in [2.75, 3.05) is 25.0 Å². The van der Waals surface area contributed by atoms with Crippen LogP contribution in [0.4, 0.5) is 5.69 Å². The fourth-order valence-electron chi connectivity index (χ4n) is 2.47. The third-order valence-electron chi connectivity index (χ3n) is 3.51. The number of aromatic amines is 1. The molecule has 100 valence electrons. The van der Waals surface area contributed by atoms with Gasteiger partial charge in [0.15, 0.2) is 0 Å². The van der Waals surface area contributed by atoms with Crippen molar-refractivity contribution in [2.24, 2.45) is 5.73 Å². The van der Waals surface area contributed by atoms with E-state index < -0.39 is 0 Å². The van der Waals surface area contributed by atoms with Gasteiger partial charge in [0, 0.05) is 12.6 Å².